The summed E-state index contributed by atoms with van der Waals surface area (Å²) in [5.41, 5.74) is 0. The van der Waals surface area contributed by atoms with Crippen LogP contribution in [0.1, 0.15) is 39.5 Å². The van der Waals surface area contributed by atoms with Gasteiger partial charge in [-0.05, 0) is 12.3 Å². The second-order valence-corrected chi connectivity index (χ2v) is 4.12. The monoisotopic (exact) mass is 248 g/mol. The molecular formula is C12H24O5. The van der Waals surface area contributed by atoms with Crippen molar-refractivity contribution in [3.05, 3.63) is 0 Å². The Morgan fingerprint density at radius 2 is 1.88 bits per heavy atom. The van der Waals surface area contributed by atoms with Gasteiger partial charge in [-0.2, -0.15) is 0 Å². The first-order chi connectivity index (χ1) is 8.13. The van der Waals surface area contributed by atoms with Crippen LogP contribution in [-0.2, 0) is 9.47 Å². The van der Waals surface area contributed by atoms with E-state index in [1.165, 1.54) is 0 Å². The molecule has 0 fully saturated rings. The van der Waals surface area contributed by atoms with Crippen LogP contribution in [0.2, 0.25) is 0 Å². The molecule has 2 N–H and O–H groups in total. The zero-order valence-corrected chi connectivity index (χ0v) is 10.7. The lowest BCUT2D eigenvalue weighted by molar-refractivity contribution is -0.00421. The Labute approximate surface area is 103 Å². The van der Waals surface area contributed by atoms with Crippen LogP contribution in [-0.4, -0.2) is 42.3 Å². The minimum Gasteiger partial charge on any atom is -0.434 e. The van der Waals surface area contributed by atoms with E-state index < -0.39 is 18.9 Å². The van der Waals surface area contributed by atoms with Gasteiger partial charge in [0.05, 0.1) is 13.2 Å². The molecule has 0 aromatic heterocycles. The van der Waals surface area contributed by atoms with Crippen LogP contribution in [0.4, 0.5) is 4.79 Å². The van der Waals surface area contributed by atoms with Gasteiger partial charge in [-0.3, -0.25) is 0 Å². The first kappa shape index (κ1) is 16.2. The summed E-state index contributed by atoms with van der Waals surface area (Å²) in [5.74, 6) is 0.366. The summed E-state index contributed by atoms with van der Waals surface area (Å²) in [6, 6.07) is 0. The van der Waals surface area contributed by atoms with E-state index in [0.29, 0.717) is 12.5 Å². The van der Waals surface area contributed by atoms with Crippen LogP contribution in [0.15, 0.2) is 0 Å². The predicted molar refractivity (Wildman–Crippen MR) is 63.7 cm³/mol. The van der Waals surface area contributed by atoms with Crippen molar-refractivity contribution in [1.82, 2.24) is 0 Å². The highest BCUT2D eigenvalue weighted by Gasteiger charge is 2.12. The van der Waals surface area contributed by atoms with Crippen molar-refractivity contribution in [1.29, 1.82) is 0 Å². The van der Waals surface area contributed by atoms with Crippen LogP contribution in [0.3, 0.4) is 0 Å². The van der Waals surface area contributed by atoms with Crippen molar-refractivity contribution < 1.29 is 24.5 Å². The third-order valence-electron chi connectivity index (χ3n) is 2.58. The van der Waals surface area contributed by atoms with Gasteiger partial charge in [0.2, 0.25) is 0 Å². The maximum Gasteiger partial charge on any atom is 0.508 e. The molecule has 2 unspecified atom stereocenters. The van der Waals surface area contributed by atoms with E-state index in [1.807, 2.05) is 0 Å². The van der Waals surface area contributed by atoms with Gasteiger partial charge in [0.15, 0.2) is 0 Å². The molecule has 17 heavy (non-hydrogen) atoms. The maximum absolute atomic E-state index is 11.1. The summed E-state index contributed by atoms with van der Waals surface area (Å²) in [5, 5.41) is 17.5. The maximum atomic E-state index is 11.1. The molecule has 2 atom stereocenters. The topological polar surface area (TPSA) is 76.0 Å². The summed E-state index contributed by atoms with van der Waals surface area (Å²) in [6.45, 7) is 3.87. The summed E-state index contributed by atoms with van der Waals surface area (Å²) < 4.78 is 9.56. The quantitative estimate of drug-likeness (QED) is 0.607. The lowest BCUT2D eigenvalue weighted by Gasteiger charge is -2.15. The van der Waals surface area contributed by atoms with Gasteiger partial charge in [0, 0.05) is 0 Å². The Balaban J connectivity index is 3.65. The molecule has 102 valence electrons. The highest BCUT2D eigenvalue weighted by Crippen LogP contribution is 2.13. The van der Waals surface area contributed by atoms with Crippen molar-refractivity contribution in [3.63, 3.8) is 0 Å². The van der Waals surface area contributed by atoms with Gasteiger partial charge < -0.3 is 19.7 Å². The van der Waals surface area contributed by atoms with E-state index in [4.69, 9.17) is 14.9 Å². The van der Waals surface area contributed by atoms with Crippen LogP contribution < -0.4 is 0 Å². The average molecular weight is 248 g/mol. The van der Waals surface area contributed by atoms with Crippen LogP contribution in [0.25, 0.3) is 0 Å². The lowest BCUT2D eigenvalue weighted by atomic mass is 10.0. The summed E-state index contributed by atoms with van der Waals surface area (Å²) in [6.07, 6.45) is 2.44. The van der Waals surface area contributed by atoms with E-state index >= 15 is 0 Å². The number of hydrogen-bond acceptors (Lipinski definition) is 5. The molecule has 0 aromatic rings. The predicted octanol–water partition coefficient (Wildman–Crippen LogP) is 1.71. The molecule has 0 amide bonds. The highest BCUT2D eigenvalue weighted by molar-refractivity contribution is 5.59. The van der Waals surface area contributed by atoms with E-state index in [-0.39, 0.29) is 6.61 Å². The minimum absolute atomic E-state index is 0.235. The molecule has 0 spiro atoms. The second kappa shape index (κ2) is 10.4. The van der Waals surface area contributed by atoms with Gasteiger partial charge in [0.25, 0.3) is 0 Å². The van der Waals surface area contributed by atoms with Crippen LogP contribution >= 0.6 is 0 Å². The number of aliphatic hydroxyl groups excluding tert-OH is 2. The smallest absolute Gasteiger partial charge is 0.434 e. The van der Waals surface area contributed by atoms with Crippen molar-refractivity contribution in [2.75, 3.05) is 19.8 Å². The molecule has 0 heterocycles. The number of rotatable bonds is 9. The fourth-order valence-electron chi connectivity index (χ4n) is 1.34. The number of carbonyl (C=O) groups is 1. The Morgan fingerprint density at radius 1 is 1.24 bits per heavy atom. The van der Waals surface area contributed by atoms with Gasteiger partial charge in [0.1, 0.15) is 12.7 Å². The highest BCUT2D eigenvalue weighted by atomic mass is 16.7. The van der Waals surface area contributed by atoms with Crippen molar-refractivity contribution in [3.8, 4) is 0 Å². The number of unbranched alkanes of at least 4 members (excludes halogenated alkanes) is 1. The fourth-order valence-corrected chi connectivity index (χ4v) is 1.34. The molecule has 0 rings (SSSR count). The number of ether oxygens (including phenoxy) is 2. The molecule has 5 nitrogen and oxygen atoms in total. The Bertz CT molecular complexity index is 195. The van der Waals surface area contributed by atoms with Crippen molar-refractivity contribution in [2.45, 2.75) is 45.6 Å². The third kappa shape index (κ3) is 8.94. The SMILES string of the molecule is CCCCC(CC)COC(=O)OCC(O)CO. The standard InChI is InChI=1S/C12H24O5/c1-3-5-6-10(4-2)8-16-12(15)17-9-11(14)7-13/h10-11,13-14H,3-9H2,1-2H3. The molecule has 0 radical (unpaired) electrons. The summed E-state index contributed by atoms with van der Waals surface area (Å²) in [4.78, 5) is 11.1. The van der Waals surface area contributed by atoms with Crippen molar-refractivity contribution in [2.24, 2.45) is 5.92 Å². The van der Waals surface area contributed by atoms with Crippen LogP contribution in [0.5, 0.6) is 0 Å². The Hall–Kier alpha value is -0.810. The zero-order chi connectivity index (χ0) is 13.1. The zero-order valence-electron chi connectivity index (χ0n) is 10.7. The van der Waals surface area contributed by atoms with Crippen molar-refractivity contribution >= 4 is 6.16 Å². The van der Waals surface area contributed by atoms with Gasteiger partial charge in [-0.15, -0.1) is 0 Å². The number of aliphatic hydroxyl groups is 2. The molecule has 0 bridgehead atoms. The van der Waals surface area contributed by atoms with Gasteiger partial charge >= 0.3 is 6.16 Å². The third-order valence-corrected chi connectivity index (χ3v) is 2.58. The van der Waals surface area contributed by atoms with E-state index in [9.17, 15) is 4.79 Å². The second-order valence-electron chi connectivity index (χ2n) is 4.12. The largest absolute Gasteiger partial charge is 0.508 e. The van der Waals surface area contributed by atoms with Gasteiger partial charge in [-0.1, -0.05) is 33.1 Å². The number of carbonyl (C=O) groups excluding carboxylic acids is 1. The van der Waals surface area contributed by atoms with E-state index in [1.54, 1.807) is 0 Å². The molecule has 0 aromatic carbocycles. The minimum atomic E-state index is -1.04. The molecule has 5 heteroatoms. The lowest BCUT2D eigenvalue weighted by Crippen LogP contribution is -2.23. The molecule has 0 saturated carbocycles. The van der Waals surface area contributed by atoms with Gasteiger partial charge in [-0.25, -0.2) is 4.79 Å². The average Bonchev–Trinajstić information content (AvgIpc) is 2.36. The molecular weight excluding hydrogens is 224 g/mol. The first-order valence-corrected chi connectivity index (χ1v) is 6.22. The summed E-state index contributed by atoms with van der Waals surface area (Å²) in [7, 11) is 0. The van der Waals surface area contributed by atoms with Crippen LogP contribution in [0, 0.1) is 5.92 Å². The fraction of sp³-hybridized carbons (Fsp3) is 0.917. The normalized spacial score (nSPS) is 14.1. The Kier molecular flexibility index (Phi) is 9.86. The summed E-state index contributed by atoms with van der Waals surface area (Å²) >= 11 is 0. The molecule has 0 aliphatic rings. The van der Waals surface area contributed by atoms with E-state index in [0.717, 1.165) is 25.7 Å². The molecule has 0 aliphatic heterocycles. The molecule has 0 saturated heterocycles. The van der Waals surface area contributed by atoms with E-state index in [2.05, 4.69) is 18.6 Å². The number of hydrogen-bond donors (Lipinski definition) is 2. The first-order valence-electron chi connectivity index (χ1n) is 6.22. The molecule has 0 aliphatic carbocycles. The Morgan fingerprint density at radius 3 is 2.41 bits per heavy atom.